The average Bonchev–Trinajstić information content (AvgIpc) is 2.37. The highest BCUT2D eigenvalue weighted by Gasteiger charge is 2.16. The molecule has 2 atom stereocenters. The second-order valence-corrected chi connectivity index (χ2v) is 5.93. The van der Waals surface area contributed by atoms with Crippen molar-refractivity contribution in [2.24, 2.45) is 0 Å². The molecule has 0 bridgehead atoms. The van der Waals surface area contributed by atoms with Crippen molar-refractivity contribution in [3.63, 3.8) is 0 Å². The molecule has 96 valence electrons. The highest BCUT2D eigenvalue weighted by Crippen LogP contribution is 2.22. The molecule has 0 heterocycles. The molecule has 0 aromatic heterocycles. The molecule has 0 fully saturated rings. The van der Waals surface area contributed by atoms with Crippen molar-refractivity contribution in [3.8, 4) is 0 Å². The molecule has 0 aliphatic rings. The van der Waals surface area contributed by atoms with Crippen LogP contribution in [-0.2, 0) is 10.0 Å². The third-order valence-electron chi connectivity index (χ3n) is 2.98. The SMILES string of the molecule is CCC(O)C(C)c1ccc(S(=O)(=O)NC)cc1. The Morgan fingerprint density at radius 1 is 1.29 bits per heavy atom. The molecule has 2 unspecified atom stereocenters. The first-order valence-electron chi connectivity index (χ1n) is 5.64. The first kappa shape index (κ1) is 14.2. The molecule has 0 aliphatic carbocycles. The molecule has 1 aromatic rings. The van der Waals surface area contributed by atoms with Crippen LogP contribution in [0.2, 0.25) is 0 Å². The Kier molecular flexibility index (Phi) is 4.68. The summed E-state index contributed by atoms with van der Waals surface area (Å²) in [4.78, 5) is 0.238. The van der Waals surface area contributed by atoms with Gasteiger partial charge >= 0.3 is 0 Å². The summed E-state index contributed by atoms with van der Waals surface area (Å²) in [7, 11) is -2.00. The van der Waals surface area contributed by atoms with Crippen LogP contribution in [0.15, 0.2) is 29.2 Å². The molecule has 0 saturated heterocycles. The lowest BCUT2D eigenvalue weighted by molar-refractivity contribution is 0.145. The van der Waals surface area contributed by atoms with E-state index < -0.39 is 16.1 Å². The predicted molar refractivity (Wildman–Crippen MR) is 67.4 cm³/mol. The van der Waals surface area contributed by atoms with E-state index in [4.69, 9.17) is 0 Å². The van der Waals surface area contributed by atoms with E-state index in [1.807, 2.05) is 13.8 Å². The van der Waals surface area contributed by atoms with Crippen LogP contribution < -0.4 is 4.72 Å². The van der Waals surface area contributed by atoms with E-state index >= 15 is 0 Å². The largest absolute Gasteiger partial charge is 0.393 e. The van der Waals surface area contributed by atoms with E-state index in [1.54, 1.807) is 24.3 Å². The molecule has 4 nitrogen and oxygen atoms in total. The highest BCUT2D eigenvalue weighted by atomic mass is 32.2. The molecule has 1 aromatic carbocycles. The fraction of sp³-hybridized carbons (Fsp3) is 0.500. The predicted octanol–water partition coefficient (Wildman–Crippen LogP) is 1.47. The summed E-state index contributed by atoms with van der Waals surface area (Å²) >= 11 is 0. The quantitative estimate of drug-likeness (QED) is 0.839. The number of rotatable bonds is 5. The molecular formula is C12H19NO3S. The van der Waals surface area contributed by atoms with Gasteiger partial charge in [0.2, 0.25) is 10.0 Å². The summed E-state index contributed by atoms with van der Waals surface area (Å²) in [5, 5.41) is 9.72. The lowest BCUT2D eigenvalue weighted by atomic mass is 9.94. The monoisotopic (exact) mass is 257 g/mol. The maximum absolute atomic E-state index is 11.5. The summed E-state index contributed by atoms with van der Waals surface area (Å²) in [6, 6.07) is 6.60. The average molecular weight is 257 g/mol. The van der Waals surface area contributed by atoms with Gasteiger partial charge in [-0.2, -0.15) is 0 Å². The van der Waals surface area contributed by atoms with E-state index in [0.29, 0.717) is 6.42 Å². The summed E-state index contributed by atoms with van der Waals surface area (Å²) in [6.07, 6.45) is 0.277. The molecule has 17 heavy (non-hydrogen) atoms. The number of aliphatic hydroxyl groups is 1. The van der Waals surface area contributed by atoms with Gasteiger partial charge in [0.25, 0.3) is 0 Å². The first-order chi connectivity index (χ1) is 7.92. The van der Waals surface area contributed by atoms with E-state index in [9.17, 15) is 13.5 Å². The minimum atomic E-state index is -3.38. The van der Waals surface area contributed by atoms with Crippen molar-refractivity contribution < 1.29 is 13.5 Å². The van der Waals surface area contributed by atoms with Gasteiger partial charge in [-0.3, -0.25) is 0 Å². The minimum Gasteiger partial charge on any atom is -0.393 e. The van der Waals surface area contributed by atoms with Gasteiger partial charge in [-0.1, -0.05) is 26.0 Å². The summed E-state index contributed by atoms with van der Waals surface area (Å²) in [5.74, 6) is 0.00587. The van der Waals surface area contributed by atoms with Crippen LogP contribution in [-0.4, -0.2) is 26.7 Å². The van der Waals surface area contributed by atoms with Crippen molar-refractivity contribution in [1.29, 1.82) is 0 Å². The normalized spacial score (nSPS) is 15.5. The fourth-order valence-corrected chi connectivity index (χ4v) is 2.37. The second kappa shape index (κ2) is 5.62. The molecular weight excluding hydrogens is 238 g/mol. The number of aliphatic hydroxyl groups excluding tert-OH is 1. The van der Waals surface area contributed by atoms with Crippen molar-refractivity contribution in [2.75, 3.05) is 7.05 Å². The molecule has 0 radical (unpaired) electrons. The zero-order valence-electron chi connectivity index (χ0n) is 10.3. The smallest absolute Gasteiger partial charge is 0.240 e. The number of hydrogen-bond acceptors (Lipinski definition) is 3. The summed E-state index contributed by atoms with van der Waals surface area (Å²) in [6.45, 7) is 3.84. The Morgan fingerprint density at radius 3 is 2.24 bits per heavy atom. The lowest BCUT2D eigenvalue weighted by Crippen LogP contribution is -2.19. The lowest BCUT2D eigenvalue weighted by Gasteiger charge is -2.17. The number of nitrogens with one attached hydrogen (secondary N) is 1. The fourth-order valence-electron chi connectivity index (χ4n) is 1.64. The van der Waals surface area contributed by atoms with Crippen molar-refractivity contribution in [2.45, 2.75) is 37.2 Å². The van der Waals surface area contributed by atoms with E-state index in [2.05, 4.69) is 4.72 Å². The molecule has 0 amide bonds. The number of sulfonamides is 1. The van der Waals surface area contributed by atoms with Crippen molar-refractivity contribution in [3.05, 3.63) is 29.8 Å². The van der Waals surface area contributed by atoms with Crippen LogP contribution in [0.5, 0.6) is 0 Å². The van der Waals surface area contributed by atoms with Gasteiger partial charge in [0, 0.05) is 5.92 Å². The number of hydrogen-bond donors (Lipinski definition) is 2. The van der Waals surface area contributed by atoms with Crippen LogP contribution in [0.3, 0.4) is 0 Å². The van der Waals surface area contributed by atoms with E-state index in [-0.39, 0.29) is 10.8 Å². The Balaban J connectivity index is 2.96. The number of benzene rings is 1. The minimum absolute atomic E-state index is 0.00587. The van der Waals surface area contributed by atoms with Crippen LogP contribution in [0, 0.1) is 0 Å². The van der Waals surface area contributed by atoms with Crippen LogP contribution in [0.4, 0.5) is 0 Å². The zero-order valence-corrected chi connectivity index (χ0v) is 11.2. The van der Waals surface area contributed by atoms with E-state index in [0.717, 1.165) is 5.56 Å². The summed E-state index contributed by atoms with van der Waals surface area (Å²) in [5.41, 5.74) is 0.939. The molecule has 1 rings (SSSR count). The Morgan fingerprint density at radius 2 is 1.82 bits per heavy atom. The Labute approximate surface area is 103 Å². The van der Waals surface area contributed by atoms with E-state index in [1.165, 1.54) is 7.05 Å². The van der Waals surface area contributed by atoms with Crippen LogP contribution in [0.25, 0.3) is 0 Å². The Bertz CT molecular complexity index is 453. The third-order valence-corrected chi connectivity index (χ3v) is 4.41. The van der Waals surface area contributed by atoms with Crippen molar-refractivity contribution >= 4 is 10.0 Å². The summed E-state index contributed by atoms with van der Waals surface area (Å²) < 4.78 is 25.3. The standard InChI is InChI=1S/C12H19NO3S/c1-4-12(14)9(2)10-5-7-11(8-6-10)17(15,16)13-3/h5-9,12-14H,4H2,1-3H3. The van der Waals surface area contributed by atoms with Crippen LogP contribution in [0.1, 0.15) is 31.7 Å². The van der Waals surface area contributed by atoms with Gasteiger partial charge in [-0.15, -0.1) is 0 Å². The highest BCUT2D eigenvalue weighted by molar-refractivity contribution is 7.89. The second-order valence-electron chi connectivity index (χ2n) is 4.04. The van der Waals surface area contributed by atoms with Gasteiger partial charge < -0.3 is 5.11 Å². The van der Waals surface area contributed by atoms with Crippen molar-refractivity contribution in [1.82, 2.24) is 4.72 Å². The Hall–Kier alpha value is -0.910. The van der Waals surface area contributed by atoms with Gasteiger partial charge in [-0.25, -0.2) is 13.1 Å². The molecule has 2 N–H and O–H groups in total. The maximum Gasteiger partial charge on any atom is 0.240 e. The molecule has 0 spiro atoms. The van der Waals surface area contributed by atoms with Gasteiger partial charge in [0.15, 0.2) is 0 Å². The zero-order chi connectivity index (χ0) is 13.1. The maximum atomic E-state index is 11.5. The van der Waals surface area contributed by atoms with Gasteiger partial charge in [0.1, 0.15) is 0 Å². The van der Waals surface area contributed by atoms with Crippen LogP contribution >= 0.6 is 0 Å². The van der Waals surface area contributed by atoms with Gasteiger partial charge in [-0.05, 0) is 31.2 Å². The molecule has 0 saturated carbocycles. The topological polar surface area (TPSA) is 66.4 Å². The molecule has 5 heteroatoms. The van der Waals surface area contributed by atoms with Gasteiger partial charge in [0.05, 0.1) is 11.0 Å². The molecule has 0 aliphatic heterocycles. The first-order valence-corrected chi connectivity index (χ1v) is 7.12. The third kappa shape index (κ3) is 3.28.